The van der Waals surface area contributed by atoms with Crippen molar-refractivity contribution in [1.29, 1.82) is 0 Å². The van der Waals surface area contributed by atoms with Gasteiger partial charge in [0.05, 0.1) is 6.20 Å². The zero-order valence-electron chi connectivity index (χ0n) is 10.5. The topological polar surface area (TPSA) is 55.9 Å². The van der Waals surface area contributed by atoms with Gasteiger partial charge in [0.15, 0.2) is 5.76 Å². The average Bonchev–Trinajstić information content (AvgIpc) is 2.86. The van der Waals surface area contributed by atoms with Crippen molar-refractivity contribution in [2.75, 3.05) is 6.54 Å². The van der Waals surface area contributed by atoms with Crippen molar-refractivity contribution in [3.05, 3.63) is 24.0 Å². The summed E-state index contributed by atoms with van der Waals surface area (Å²) in [5, 5.41) is 11.4. The molecule has 17 heavy (non-hydrogen) atoms. The summed E-state index contributed by atoms with van der Waals surface area (Å²) in [5.41, 5.74) is 2.01. The van der Waals surface area contributed by atoms with E-state index < -0.39 is 0 Å². The summed E-state index contributed by atoms with van der Waals surface area (Å²) >= 11 is 0. The Hall–Kier alpha value is -1.62. The predicted molar refractivity (Wildman–Crippen MR) is 65.2 cm³/mol. The number of aryl methyl sites for hydroxylation is 1. The van der Waals surface area contributed by atoms with E-state index in [1.54, 1.807) is 17.1 Å². The van der Waals surface area contributed by atoms with Gasteiger partial charge in [-0.15, -0.1) is 0 Å². The molecule has 2 aromatic rings. The maximum Gasteiger partial charge on any atom is 0.189 e. The standard InChI is InChI=1S/C12H18N4O/c1-9(2)6-13-7-10-8-15-17-12(10)11-4-5-14-16(11)3/h4-5,8-9,13H,6-7H2,1-3H3. The van der Waals surface area contributed by atoms with Crippen molar-refractivity contribution >= 4 is 0 Å². The van der Waals surface area contributed by atoms with Gasteiger partial charge in [0, 0.05) is 25.4 Å². The van der Waals surface area contributed by atoms with E-state index >= 15 is 0 Å². The summed E-state index contributed by atoms with van der Waals surface area (Å²) in [4.78, 5) is 0. The molecule has 1 N–H and O–H groups in total. The van der Waals surface area contributed by atoms with Gasteiger partial charge in [0.1, 0.15) is 5.69 Å². The fourth-order valence-corrected chi connectivity index (χ4v) is 1.69. The third-order valence-electron chi connectivity index (χ3n) is 2.57. The molecule has 0 aliphatic carbocycles. The summed E-state index contributed by atoms with van der Waals surface area (Å²) in [6.45, 7) is 6.11. The van der Waals surface area contributed by atoms with Gasteiger partial charge in [-0.05, 0) is 18.5 Å². The van der Waals surface area contributed by atoms with Gasteiger partial charge in [0.25, 0.3) is 0 Å². The van der Waals surface area contributed by atoms with Crippen molar-refractivity contribution in [3.8, 4) is 11.5 Å². The Balaban J connectivity index is 2.10. The molecule has 0 fully saturated rings. The molecule has 0 aromatic carbocycles. The van der Waals surface area contributed by atoms with Gasteiger partial charge in [-0.1, -0.05) is 19.0 Å². The molecule has 0 spiro atoms. The van der Waals surface area contributed by atoms with Gasteiger partial charge in [-0.3, -0.25) is 4.68 Å². The minimum atomic E-state index is 0.634. The molecule has 0 radical (unpaired) electrons. The quantitative estimate of drug-likeness (QED) is 0.857. The minimum absolute atomic E-state index is 0.634. The first kappa shape index (κ1) is 11.9. The molecule has 2 rings (SSSR count). The molecule has 5 heteroatoms. The molecule has 0 saturated heterocycles. The summed E-state index contributed by atoms with van der Waals surface area (Å²) in [5.74, 6) is 1.43. The number of hydrogen-bond acceptors (Lipinski definition) is 4. The monoisotopic (exact) mass is 234 g/mol. The molecule has 5 nitrogen and oxygen atoms in total. The molecule has 92 valence electrons. The zero-order chi connectivity index (χ0) is 12.3. The van der Waals surface area contributed by atoms with Gasteiger partial charge < -0.3 is 9.84 Å². The molecule has 0 aliphatic heterocycles. The van der Waals surface area contributed by atoms with E-state index in [1.165, 1.54) is 0 Å². The SMILES string of the molecule is CC(C)CNCc1cnoc1-c1ccnn1C. The summed E-state index contributed by atoms with van der Waals surface area (Å²) in [6.07, 6.45) is 3.51. The second kappa shape index (κ2) is 5.14. The third-order valence-corrected chi connectivity index (χ3v) is 2.57. The van der Waals surface area contributed by atoms with Crippen LogP contribution < -0.4 is 5.32 Å². The molecule has 0 aliphatic rings. The Morgan fingerprint density at radius 2 is 2.29 bits per heavy atom. The highest BCUT2D eigenvalue weighted by Gasteiger charge is 2.13. The maximum absolute atomic E-state index is 5.30. The van der Waals surface area contributed by atoms with Gasteiger partial charge >= 0.3 is 0 Å². The summed E-state index contributed by atoms with van der Waals surface area (Å²) < 4.78 is 7.08. The van der Waals surface area contributed by atoms with Crippen LogP contribution in [0.15, 0.2) is 23.0 Å². The lowest BCUT2D eigenvalue weighted by Crippen LogP contribution is -2.19. The molecule has 0 bridgehead atoms. The van der Waals surface area contributed by atoms with Crippen LogP contribution in [0, 0.1) is 5.92 Å². The Bertz CT molecular complexity index is 472. The first-order valence-corrected chi connectivity index (χ1v) is 5.81. The zero-order valence-corrected chi connectivity index (χ0v) is 10.5. The average molecular weight is 234 g/mol. The Morgan fingerprint density at radius 1 is 1.47 bits per heavy atom. The molecular formula is C12H18N4O. The number of hydrogen-bond donors (Lipinski definition) is 1. The van der Waals surface area contributed by atoms with Crippen molar-refractivity contribution in [2.45, 2.75) is 20.4 Å². The highest BCUT2D eigenvalue weighted by molar-refractivity contribution is 5.55. The molecule has 0 atom stereocenters. The van der Waals surface area contributed by atoms with E-state index in [2.05, 4.69) is 29.4 Å². The Kier molecular flexibility index (Phi) is 3.58. The van der Waals surface area contributed by atoms with Gasteiger partial charge in [-0.2, -0.15) is 5.10 Å². The van der Waals surface area contributed by atoms with Crippen LogP contribution in [0.5, 0.6) is 0 Å². The van der Waals surface area contributed by atoms with Gasteiger partial charge in [0.2, 0.25) is 0 Å². The molecular weight excluding hydrogens is 216 g/mol. The van der Waals surface area contributed by atoms with Crippen molar-refractivity contribution < 1.29 is 4.52 Å². The van der Waals surface area contributed by atoms with Crippen LogP contribution >= 0.6 is 0 Å². The second-order valence-corrected chi connectivity index (χ2v) is 4.54. The lowest BCUT2D eigenvalue weighted by molar-refractivity contribution is 0.427. The minimum Gasteiger partial charge on any atom is -0.354 e. The smallest absolute Gasteiger partial charge is 0.189 e. The molecule has 0 saturated carbocycles. The predicted octanol–water partition coefficient (Wildman–Crippen LogP) is 1.82. The Labute approximate surface area is 101 Å². The van der Waals surface area contributed by atoms with Crippen LogP contribution in [-0.2, 0) is 13.6 Å². The molecule has 2 aromatic heterocycles. The molecule has 0 amide bonds. The van der Waals surface area contributed by atoms with Crippen LogP contribution in [0.2, 0.25) is 0 Å². The fraction of sp³-hybridized carbons (Fsp3) is 0.500. The van der Waals surface area contributed by atoms with Crippen molar-refractivity contribution in [1.82, 2.24) is 20.3 Å². The second-order valence-electron chi connectivity index (χ2n) is 4.54. The lowest BCUT2D eigenvalue weighted by Gasteiger charge is -2.06. The summed E-state index contributed by atoms with van der Waals surface area (Å²) in [6, 6.07) is 1.92. The van der Waals surface area contributed by atoms with Crippen LogP contribution in [0.4, 0.5) is 0 Å². The first-order valence-electron chi connectivity index (χ1n) is 5.81. The highest BCUT2D eigenvalue weighted by atomic mass is 16.5. The van der Waals surface area contributed by atoms with Gasteiger partial charge in [-0.25, -0.2) is 0 Å². The lowest BCUT2D eigenvalue weighted by atomic mass is 10.2. The van der Waals surface area contributed by atoms with E-state index in [0.29, 0.717) is 5.92 Å². The number of rotatable bonds is 5. The first-order chi connectivity index (χ1) is 8.18. The third kappa shape index (κ3) is 2.74. The largest absolute Gasteiger partial charge is 0.354 e. The van der Waals surface area contributed by atoms with Crippen LogP contribution in [0.3, 0.4) is 0 Å². The molecule has 0 unspecified atom stereocenters. The van der Waals surface area contributed by atoms with E-state index in [-0.39, 0.29) is 0 Å². The van der Waals surface area contributed by atoms with Crippen LogP contribution in [0.25, 0.3) is 11.5 Å². The van der Waals surface area contributed by atoms with Crippen LogP contribution in [0.1, 0.15) is 19.4 Å². The molecule has 2 heterocycles. The number of nitrogens with zero attached hydrogens (tertiary/aromatic N) is 3. The number of aromatic nitrogens is 3. The normalized spacial score (nSPS) is 11.3. The van der Waals surface area contributed by atoms with E-state index in [1.807, 2.05) is 13.1 Å². The van der Waals surface area contributed by atoms with E-state index in [4.69, 9.17) is 4.52 Å². The number of nitrogens with one attached hydrogen (secondary N) is 1. The van der Waals surface area contributed by atoms with Crippen LogP contribution in [-0.4, -0.2) is 21.5 Å². The Morgan fingerprint density at radius 3 is 2.94 bits per heavy atom. The summed E-state index contributed by atoms with van der Waals surface area (Å²) in [7, 11) is 1.89. The van der Waals surface area contributed by atoms with Crippen molar-refractivity contribution in [2.24, 2.45) is 13.0 Å². The highest BCUT2D eigenvalue weighted by Crippen LogP contribution is 2.22. The van der Waals surface area contributed by atoms with E-state index in [0.717, 1.165) is 30.1 Å². The fourth-order valence-electron chi connectivity index (χ4n) is 1.69. The van der Waals surface area contributed by atoms with Crippen molar-refractivity contribution in [3.63, 3.8) is 0 Å². The maximum atomic E-state index is 5.30. The van der Waals surface area contributed by atoms with E-state index in [9.17, 15) is 0 Å².